The quantitative estimate of drug-likeness (QED) is 0.713. The largest absolute Gasteiger partial charge is 0.372 e. The van der Waals surface area contributed by atoms with Gasteiger partial charge < -0.3 is 11.1 Å². The van der Waals surface area contributed by atoms with Gasteiger partial charge in [0.2, 0.25) is 6.41 Å². The Morgan fingerprint density at radius 2 is 1.69 bits per heavy atom. The fourth-order valence-electron chi connectivity index (χ4n) is 0.477. The van der Waals surface area contributed by atoms with E-state index in [1.165, 1.54) is 0 Å². The highest BCUT2D eigenvalue weighted by molar-refractivity contribution is 7.07. The summed E-state index contributed by atoms with van der Waals surface area (Å²) < 4.78 is 0. The number of amides is 1. The van der Waals surface area contributed by atoms with Crippen LogP contribution >= 0.6 is 11.3 Å². The Labute approximate surface area is 84.0 Å². The molecule has 0 aliphatic carbocycles. The summed E-state index contributed by atoms with van der Waals surface area (Å²) >= 11 is 1.71. The van der Waals surface area contributed by atoms with Gasteiger partial charge in [0.1, 0.15) is 0 Å². The van der Waals surface area contributed by atoms with E-state index in [0.29, 0.717) is 0 Å². The molecule has 3 N–H and O–H groups in total. The average Bonchev–Trinajstić information content (AvgIpc) is 2.64. The SMILES string of the molecule is CCNCC.NC=O.c1ccsc1. The Morgan fingerprint density at radius 1 is 1.31 bits per heavy atom. The molecule has 1 rings (SSSR count). The molecule has 3 nitrogen and oxygen atoms in total. The lowest BCUT2D eigenvalue weighted by atomic mass is 10.7. The first kappa shape index (κ1) is 14.6. The van der Waals surface area contributed by atoms with E-state index in [1.54, 1.807) is 11.3 Å². The van der Waals surface area contributed by atoms with Crippen molar-refractivity contribution in [3.05, 3.63) is 22.9 Å². The van der Waals surface area contributed by atoms with Gasteiger partial charge in [-0.3, -0.25) is 4.79 Å². The van der Waals surface area contributed by atoms with Gasteiger partial charge in [-0.25, -0.2) is 0 Å². The number of primary amides is 1. The minimum absolute atomic E-state index is 0.250. The predicted molar refractivity (Wildman–Crippen MR) is 58.8 cm³/mol. The minimum atomic E-state index is 0.250. The molecule has 1 aromatic rings. The van der Waals surface area contributed by atoms with E-state index in [0.717, 1.165) is 13.1 Å². The monoisotopic (exact) mass is 202 g/mol. The first-order chi connectivity index (χ1) is 6.33. The van der Waals surface area contributed by atoms with Crippen LogP contribution < -0.4 is 11.1 Å². The molecule has 0 aromatic carbocycles. The second-order valence-electron chi connectivity index (χ2n) is 1.89. The molecule has 1 heterocycles. The van der Waals surface area contributed by atoms with Crippen LogP contribution in [0.2, 0.25) is 0 Å². The highest BCUT2D eigenvalue weighted by Crippen LogP contribution is 1.91. The Kier molecular flexibility index (Phi) is 19.5. The number of carbonyl (C=O) groups excluding carboxylic acids is 1. The molecule has 0 saturated heterocycles. The molecule has 0 aliphatic rings. The van der Waals surface area contributed by atoms with Gasteiger partial charge in [0, 0.05) is 0 Å². The topological polar surface area (TPSA) is 55.1 Å². The first-order valence-corrected chi connectivity index (χ1v) is 5.10. The molecule has 4 heteroatoms. The highest BCUT2D eigenvalue weighted by Gasteiger charge is 1.62. The first-order valence-electron chi connectivity index (χ1n) is 4.16. The smallest absolute Gasteiger partial charge is 0.204 e. The van der Waals surface area contributed by atoms with Crippen molar-refractivity contribution in [3.63, 3.8) is 0 Å². The normalized spacial score (nSPS) is 7.23. The zero-order valence-electron chi connectivity index (χ0n) is 8.19. The summed E-state index contributed by atoms with van der Waals surface area (Å²) in [4.78, 5) is 8.58. The molecule has 0 unspecified atom stereocenters. The molecule has 13 heavy (non-hydrogen) atoms. The number of rotatable bonds is 2. The predicted octanol–water partition coefficient (Wildman–Crippen LogP) is 1.47. The molecule has 0 radical (unpaired) electrons. The van der Waals surface area contributed by atoms with Crippen molar-refractivity contribution in [2.24, 2.45) is 5.73 Å². The third-order valence-electron chi connectivity index (χ3n) is 0.925. The third kappa shape index (κ3) is 24.7. The van der Waals surface area contributed by atoms with Gasteiger partial charge in [0.15, 0.2) is 0 Å². The van der Waals surface area contributed by atoms with Gasteiger partial charge in [0.25, 0.3) is 0 Å². The molecule has 1 amide bonds. The Hall–Kier alpha value is -0.870. The van der Waals surface area contributed by atoms with E-state index in [1.807, 2.05) is 22.9 Å². The van der Waals surface area contributed by atoms with Crippen LogP contribution in [0.1, 0.15) is 13.8 Å². The van der Waals surface area contributed by atoms with Crippen molar-refractivity contribution >= 4 is 17.7 Å². The minimum Gasteiger partial charge on any atom is -0.372 e. The summed E-state index contributed by atoms with van der Waals surface area (Å²) in [6, 6.07) is 4.04. The summed E-state index contributed by atoms with van der Waals surface area (Å²) in [5.41, 5.74) is 4.17. The van der Waals surface area contributed by atoms with Crippen LogP contribution in [0, 0.1) is 0 Å². The molecule has 0 fully saturated rings. The molecule has 0 aliphatic heterocycles. The highest BCUT2D eigenvalue weighted by atomic mass is 32.1. The van der Waals surface area contributed by atoms with E-state index in [9.17, 15) is 0 Å². The maximum absolute atomic E-state index is 8.58. The van der Waals surface area contributed by atoms with Crippen molar-refractivity contribution in [2.45, 2.75) is 13.8 Å². The van der Waals surface area contributed by atoms with E-state index in [-0.39, 0.29) is 6.41 Å². The van der Waals surface area contributed by atoms with Gasteiger partial charge in [-0.05, 0) is 23.8 Å². The molecule has 0 spiro atoms. The van der Waals surface area contributed by atoms with E-state index in [4.69, 9.17) is 4.79 Å². The summed E-state index contributed by atoms with van der Waals surface area (Å²) in [5.74, 6) is 0. The van der Waals surface area contributed by atoms with Crippen LogP contribution in [0.15, 0.2) is 22.9 Å². The fourth-order valence-corrected chi connectivity index (χ4v) is 0.930. The number of hydrogen-bond acceptors (Lipinski definition) is 3. The van der Waals surface area contributed by atoms with E-state index >= 15 is 0 Å². The fraction of sp³-hybridized carbons (Fsp3) is 0.444. The maximum atomic E-state index is 8.58. The van der Waals surface area contributed by atoms with Crippen LogP contribution in [0.4, 0.5) is 0 Å². The second-order valence-corrected chi connectivity index (χ2v) is 2.70. The average molecular weight is 202 g/mol. The summed E-state index contributed by atoms with van der Waals surface area (Å²) in [5, 5.41) is 7.19. The van der Waals surface area contributed by atoms with Crippen LogP contribution in [0.3, 0.4) is 0 Å². The van der Waals surface area contributed by atoms with Gasteiger partial charge in [0.05, 0.1) is 0 Å². The molecule has 0 saturated carbocycles. The van der Waals surface area contributed by atoms with Crippen molar-refractivity contribution < 1.29 is 4.79 Å². The molecule has 0 bridgehead atoms. The van der Waals surface area contributed by atoms with Crippen molar-refractivity contribution in [3.8, 4) is 0 Å². The number of hydrogen-bond donors (Lipinski definition) is 2. The lowest BCUT2D eigenvalue weighted by Crippen LogP contribution is -2.09. The van der Waals surface area contributed by atoms with Crippen LogP contribution in [0.25, 0.3) is 0 Å². The van der Waals surface area contributed by atoms with Crippen molar-refractivity contribution in [1.29, 1.82) is 0 Å². The summed E-state index contributed by atoms with van der Waals surface area (Å²) in [6.07, 6.45) is 0.250. The van der Waals surface area contributed by atoms with Gasteiger partial charge in [-0.2, -0.15) is 11.3 Å². The summed E-state index contributed by atoms with van der Waals surface area (Å²) in [7, 11) is 0. The van der Waals surface area contributed by atoms with E-state index in [2.05, 4.69) is 24.9 Å². The number of nitrogens with one attached hydrogen (secondary N) is 1. The second kappa shape index (κ2) is 17.3. The molecular weight excluding hydrogens is 184 g/mol. The van der Waals surface area contributed by atoms with Crippen molar-refractivity contribution in [1.82, 2.24) is 5.32 Å². The number of nitrogens with two attached hydrogens (primary N) is 1. The third-order valence-corrected chi connectivity index (χ3v) is 1.55. The van der Waals surface area contributed by atoms with Gasteiger partial charge in [-0.15, -0.1) is 0 Å². The lowest BCUT2D eigenvalue weighted by Gasteiger charge is -1.86. The summed E-state index contributed by atoms with van der Waals surface area (Å²) in [6.45, 7) is 6.39. The maximum Gasteiger partial charge on any atom is 0.204 e. The lowest BCUT2D eigenvalue weighted by molar-refractivity contribution is -0.106. The Balaban J connectivity index is 0. The standard InChI is InChI=1S/C4H11N.C4H4S.CH3NO/c1-3-5-4-2;1-2-4-5-3-1;2-1-3/h5H,3-4H2,1-2H3;1-4H;1H,(H2,2,3). The zero-order valence-corrected chi connectivity index (χ0v) is 9.01. The number of thiophene rings is 1. The van der Waals surface area contributed by atoms with Crippen LogP contribution in [-0.4, -0.2) is 19.5 Å². The zero-order chi connectivity index (χ0) is 10.4. The molecule has 0 atom stereocenters. The van der Waals surface area contributed by atoms with Gasteiger partial charge in [-0.1, -0.05) is 26.0 Å². The molecular formula is C9H18N2OS. The molecule has 1 aromatic heterocycles. The van der Waals surface area contributed by atoms with Crippen molar-refractivity contribution in [2.75, 3.05) is 13.1 Å². The van der Waals surface area contributed by atoms with Crippen LogP contribution in [-0.2, 0) is 4.79 Å². The van der Waals surface area contributed by atoms with Gasteiger partial charge >= 0.3 is 0 Å². The Bertz CT molecular complexity index is 135. The number of carbonyl (C=O) groups is 1. The van der Waals surface area contributed by atoms with E-state index < -0.39 is 0 Å². The Morgan fingerprint density at radius 3 is 1.77 bits per heavy atom. The van der Waals surface area contributed by atoms with Crippen LogP contribution in [0.5, 0.6) is 0 Å². The molecule has 76 valence electrons.